The van der Waals surface area contributed by atoms with Gasteiger partial charge in [0.25, 0.3) is 11.8 Å². The average Bonchev–Trinajstić information content (AvgIpc) is 3.57. The summed E-state index contributed by atoms with van der Waals surface area (Å²) in [6.45, 7) is 5.20. The van der Waals surface area contributed by atoms with Crippen LogP contribution in [-0.2, 0) is 5.60 Å². The van der Waals surface area contributed by atoms with Gasteiger partial charge in [0, 0.05) is 49.6 Å². The molecule has 7 nitrogen and oxygen atoms in total. The Labute approximate surface area is 218 Å². The van der Waals surface area contributed by atoms with Crippen molar-refractivity contribution in [2.24, 2.45) is 5.41 Å². The van der Waals surface area contributed by atoms with Crippen LogP contribution in [0.15, 0.2) is 28.7 Å². The lowest BCUT2D eigenvalue weighted by molar-refractivity contribution is -0.0223. The minimum absolute atomic E-state index is 0.100. The lowest BCUT2D eigenvalue weighted by atomic mass is 9.93. The van der Waals surface area contributed by atoms with E-state index in [0.29, 0.717) is 16.7 Å². The topological polar surface area (TPSA) is 81.6 Å². The molecule has 2 aromatic rings. The summed E-state index contributed by atoms with van der Waals surface area (Å²) in [5, 5.41) is 13.5. The van der Waals surface area contributed by atoms with Gasteiger partial charge in [0.1, 0.15) is 11.4 Å². The van der Waals surface area contributed by atoms with E-state index in [-0.39, 0.29) is 43.6 Å². The summed E-state index contributed by atoms with van der Waals surface area (Å²) < 4.78 is 28.3. The summed E-state index contributed by atoms with van der Waals surface area (Å²) in [5.41, 5.74) is 0.933. The van der Waals surface area contributed by atoms with Crippen molar-refractivity contribution >= 4 is 39.3 Å². The summed E-state index contributed by atoms with van der Waals surface area (Å²) in [5.74, 6) is -2.57. The molecule has 10 heteroatoms. The zero-order valence-corrected chi connectivity index (χ0v) is 22.2. The van der Waals surface area contributed by atoms with Gasteiger partial charge in [0.15, 0.2) is 0 Å². The molecule has 1 aromatic heterocycles. The van der Waals surface area contributed by atoms with Gasteiger partial charge < -0.3 is 20.2 Å². The maximum absolute atomic E-state index is 13.7. The molecule has 0 radical (unpaired) electrons. The van der Waals surface area contributed by atoms with Crippen molar-refractivity contribution in [3.05, 3.63) is 40.0 Å². The number of piperidine rings is 2. The maximum atomic E-state index is 13.7. The molecule has 0 bridgehead atoms. The predicted octanol–water partition coefficient (Wildman–Crippen LogP) is 5.33. The zero-order chi connectivity index (χ0) is 25.7. The SMILES string of the molecule is CC(C)(O)c1cc(NC(=O)c2ccc(Br)cc2N2CCC3(CC2)CC3)nc(N2CCC(F)(F)CC2)n1. The van der Waals surface area contributed by atoms with E-state index in [9.17, 15) is 18.7 Å². The Morgan fingerprint density at radius 3 is 2.25 bits per heavy atom. The maximum Gasteiger partial charge on any atom is 0.258 e. The van der Waals surface area contributed by atoms with E-state index in [1.165, 1.54) is 18.9 Å². The van der Waals surface area contributed by atoms with Gasteiger partial charge in [-0.3, -0.25) is 4.79 Å². The highest BCUT2D eigenvalue weighted by molar-refractivity contribution is 9.10. The van der Waals surface area contributed by atoms with Gasteiger partial charge in [-0.2, -0.15) is 4.98 Å². The second-order valence-electron chi connectivity index (χ2n) is 10.9. The molecule has 3 aliphatic rings. The molecule has 1 spiro atoms. The molecule has 5 rings (SSSR count). The van der Waals surface area contributed by atoms with Crippen LogP contribution in [0.4, 0.5) is 26.2 Å². The molecule has 2 N–H and O–H groups in total. The van der Waals surface area contributed by atoms with E-state index in [2.05, 4.69) is 36.1 Å². The van der Waals surface area contributed by atoms with Crippen LogP contribution in [0.5, 0.6) is 0 Å². The van der Waals surface area contributed by atoms with Crippen LogP contribution in [-0.4, -0.2) is 53.1 Å². The number of aliphatic hydroxyl groups is 1. The number of hydrogen-bond acceptors (Lipinski definition) is 6. The third kappa shape index (κ3) is 5.49. The van der Waals surface area contributed by atoms with Crippen LogP contribution in [0.25, 0.3) is 0 Å². The third-order valence-corrected chi connectivity index (χ3v) is 8.18. The number of aromatic nitrogens is 2. The van der Waals surface area contributed by atoms with Gasteiger partial charge in [-0.05, 0) is 63.1 Å². The number of carbonyl (C=O) groups is 1. The highest BCUT2D eigenvalue weighted by Gasteiger charge is 2.44. The number of nitrogens with zero attached hydrogens (tertiary/aromatic N) is 4. The van der Waals surface area contributed by atoms with E-state index in [4.69, 9.17) is 0 Å². The van der Waals surface area contributed by atoms with E-state index in [1.807, 2.05) is 12.1 Å². The molecule has 1 amide bonds. The van der Waals surface area contributed by atoms with Gasteiger partial charge >= 0.3 is 0 Å². The Bertz CT molecular complexity index is 1150. The molecule has 2 aliphatic heterocycles. The highest BCUT2D eigenvalue weighted by Crippen LogP contribution is 2.54. The van der Waals surface area contributed by atoms with Crippen LogP contribution >= 0.6 is 15.9 Å². The van der Waals surface area contributed by atoms with Gasteiger partial charge in [0.05, 0.1) is 16.9 Å². The van der Waals surface area contributed by atoms with Crippen LogP contribution in [0.1, 0.15) is 68.4 Å². The number of rotatable bonds is 5. The van der Waals surface area contributed by atoms with Crippen molar-refractivity contribution in [2.45, 2.75) is 63.9 Å². The van der Waals surface area contributed by atoms with Crippen molar-refractivity contribution in [2.75, 3.05) is 41.3 Å². The fraction of sp³-hybridized carbons (Fsp3) is 0.577. The van der Waals surface area contributed by atoms with E-state index in [0.717, 1.165) is 36.1 Å². The van der Waals surface area contributed by atoms with Crippen molar-refractivity contribution in [3.63, 3.8) is 0 Å². The summed E-state index contributed by atoms with van der Waals surface area (Å²) >= 11 is 3.54. The van der Waals surface area contributed by atoms with Crippen LogP contribution < -0.4 is 15.1 Å². The molecule has 1 aromatic carbocycles. The quantitative estimate of drug-likeness (QED) is 0.511. The highest BCUT2D eigenvalue weighted by atomic mass is 79.9. The number of nitrogens with one attached hydrogen (secondary N) is 1. The third-order valence-electron chi connectivity index (χ3n) is 7.69. The number of halogens is 3. The fourth-order valence-electron chi connectivity index (χ4n) is 5.03. The van der Waals surface area contributed by atoms with Crippen molar-refractivity contribution in [3.8, 4) is 0 Å². The van der Waals surface area contributed by atoms with E-state index in [1.54, 1.807) is 24.8 Å². The largest absolute Gasteiger partial charge is 0.384 e. The number of anilines is 3. The Morgan fingerprint density at radius 2 is 1.64 bits per heavy atom. The molecule has 0 atom stereocenters. The zero-order valence-electron chi connectivity index (χ0n) is 20.7. The molecule has 3 fully saturated rings. The minimum Gasteiger partial charge on any atom is -0.384 e. The molecular weight excluding hydrogens is 532 g/mol. The summed E-state index contributed by atoms with van der Waals surface area (Å²) in [4.78, 5) is 26.3. The van der Waals surface area contributed by atoms with Crippen molar-refractivity contribution < 1.29 is 18.7 Å². The smallest absolute Gasteiger partial charge is 0.258 e. The van der Waals surface area contributed by atoms with Crippen molar-refractivity contribution in [1.29, 1.82) is 0 Å². The summed E-state index contributed by atoms with van der Waals surface area (Å²) in [7, 11) is 0. The number of amides is 1. The molecule has 194 valence electrons. The average molecular weight is 564 g/mol. The predicted molar refractivity (Wildman–Crippen MR) is 139 cm³/mol. The Kier molecular flexibility index (Phi) is 6.47. The van der Waals surface area contributed by atoms with Gasteiger partial charge in [-0.1, -0.05) is 15.9 Å². The molecule has 3 heterocycles. The minimum atomic E-state index is -2.70. The van der Waals surface area contributed by atoms with Gasteiger partial charge in [-0.15, -0.1) is 0 Å². The van der Waals surface area contributed by atoms with E-state index < -0.39 is 11.5 Å². The van der Waals surface area contributed by atoms with E-state index >= 15 is 0 Å². The molecule has 2 saturated heterocycles. The number of benzene rings is 1. The monoisotopic (exact) mass is 563 g/mol. The normalized spacial score (nSPS) is 20.9. The lowest BCUT2D eigenvalue weighted by Crippen LogP contribution is -2.40. The fourth-order valence-corrected chi connectivity index (χ4v) is 5.38. The number of alkyl halides is 2. The summed E-state index contributed by atoms with van der Waals surface area (Å²) in [6, 6.07) is 7.14. The number of hydrogen-bond donors (Lipinski definition) is 2. The standard InChI is InChI=1S/C26H32BrF2N5O2/c1-24(2,36)20-16-21(32-23(30-20)34-13-9-26(28,29)10-14-34)31-22(35)18-4-3-17(27)15-19(18)33-11-7-25(5-6-25)8-12-33/h3-4,15-16,36H,5-14H2,1-2H3,(H,30,31,32,35). The Morgan fingerprint density at radius 1 is 1.00 bits per heavy atom. The molecule has 1 saturated carbocycles. The first-order valence-corrected chi connectivity index (χ1v) is 13.3. The van der Waals surface area contributed by atoms with Crippen molar-refractivity contribution in [1.82, 2.24) is 9.97 Å². The summed E-state index contributed by atoms with van der Waals surface area (Å²) in [6.07, 6.45) is 4.31. The molecule has 0 unspecified atom stereocenters. The Hall–Kier alpha value is -2.33. The van der Waals surface area contributed by atoms with Crippen LogP contribution in [0, 0.1) is 5.41 Å². The molecular formula is C26H32BrF2N5O2. The first-order valence-electron chi connectivity index (χ1n) is 12.5. The van der Waals surface area contributed by atoms with Crippen LogP contribution in [0.2, 0.25) is 0 Å². The van der Waals surface area contributed by atoms with Gasteiger partial charge in [-0.25, -0.2) is 13.8 Å². The van der Waals surface area contributed by atoms with Crippen LogP contribution in [0.3, 0.4) is 0 Å². The first-order chi connectivity index (χ1) is 16.9. The number of carbonyl (C=O) groups excluding carboxylic acids is 1. The Balaban J connectivity index is 1.40. The van der Waals surface area contributed by atoms with Gasteiger partial charge in [0.2, 0.25) is 5.95 Å². The second-order valence-corrected chi connectivity index (χ2v) is 11.9. The molecule has 1 aliphatic carbocycles. The lowest BCUT2D eigenvalue weighted by Gasteiger charge is -2.35. The molecule has 36 heavy (non-hydrogen) atoms. The second kappa shape index (κ2) is 9.20. The first kappa shape index (κ1) is 25.3.